The van der Waals surface area contributed by atoms with Gasteiger partial charge in [-0.2, -0.15) is 0 Å². The largest absolute Gasteiger partial charge is 0.481 e. The second kappa shape index (κ2) is 23.5. The van der Waals surface area contributed by atoms with E-state index in [4.69, 9.17) is 30.1 Å². The molecule has 12 heteroatoms. The molecule has 2 atom stereocenters. The average molecular weight is 919 g/mol. The van der Waals surface area contributed by atoms with Crippen LogP contribution in [0.3, 0.4) is 0 Å². The van der Waals surface area contributed by atoms with Crippen LogP contribution in [0, 0.1) is 27.7 Å². The maximum absolute atomic E-state index is 10.8. The highest BCUT2D eigenvalue weighted by atomic mass is 16.4. The van der Waals surface area contributed by atoms with Gasteiger partial charge in [0.1, 0.15) is 0 Å². The zero-order valence-electron chi connectivity index (χ0n) is 40.0. The summed E-state index contributed by atoms with van der Waals surface area (Å²) in [5.74, 6) is -0.0194. The standard InChI is InChI=1S/2C28H33N3O3/c2*1-19-8-12-21(13-9-19)26-27(22-14-10-20(2)11-15-22)30-28-24(29-26)7-5-17-31(28)16-4-3-6-23(32)18-25(33)34/h2*8-15,23,32H,3-7,16-18H2,1-2H3,(H,33,34)/t2*23-/m10/s1. The Kier molecular flexibility index (Phi) is 17.1. The molecule has 2 aliphatic rings. The molecule has 0 spiro atoms. The van der Waals surface area contributed by atoms with E-state index in [0.29, 0.717) is 12.8 Å². The zero-order valence-corrected chi connectivity index (χ0v) is 40.0. The maximum atomic E-state index is 10.8. The average Bonchev–Trinajstić information content (AvgIpc) is 3.32. The number of rotatable bonds is 18. The van der Waals surface area contributed by atoms with Crippen molar-refractivity contribution in [1.82, 2.24) is 19.9 Å². The summed E-state index contributed by atoms with van der Waals surface area (Å²) in [7, 11) is 0. The summed E-state index contributed by atoms with van der Waals surface area (Å²) >= 11 is 0. The first-order valence-electron chi connectivity index (χ1n) is 24.2. The van der Waals surface area contributed by atoms with E-state index in [1.54, 1.807) is 0 Å². The number of unbranched alkanes of at least 4 members (excludes halogenated alkanes) is 2. The van der Waals surface area contributed by atoms with Crippen LogP contribution in [0.5, 0.6) is 0 Å². The van der Waals surface area contributed by atoms with Gasteiger partial charge in [-0.15, -0.1) is 0 Å². The Morgan fingerprint density at radius 2 is 0.765 bits per heavy atom. The number of fused-ring (bicyclic) bond motifs is 2. The molecule has 2 aliphatic heterocycles. The van der Waals surface area contributed by atoms with Gasteiger partial charge in [0.25, 0.3) is 0 Å². The molecule has 0 bridgehead atoms. The van der Waals surface area contributed by atoms with Crippen molar-refractivity contribution in [2.24, 2.45) is 0 Å². The second-order valence-corrected chi connectivity index (χ2v) is 18.5. The second-order valence-electron chi connectivity index (χ2n) is 18.5. The van der Waals surface area contributed by atoms with Crippen LogP contribution >= 0.6 is 0 Å². The smallest absolute Gasteiger partial charge is 0.305 e. The van der Waals surface area contributed by atoms with E-state index in [-0.39, 0.29) is 12.8 Å². The molecule has 0 amide bonds. The number of aryl methyl sites for hydroxylation is 6. The number of aromatic nitrogens is 4. The van der Waals surface area contributed by atoms with Gasteiger partial charge in [0.2, 0.25) is 0 Å². The van der Waals surface area contributed by atoms with E-state index in [1.807, 2.05) is 0 Å². The molecule has 0 aliphatic carbocycles. The molecule has 0 saturated carbocycles. The SMILES string of the molecule is Cc1ccc(-c2nc3c(nc2-c2ccc(C)cc2)N(CCCC[C@@H](O)CC(=O)O)CCC3)cc1.Cc1ccc(-c2nc3c(nc2-c2ccc(C)cc2)N(CCCC[C@H](O)CC(=O)O)CCC3)cc1. The Bertz CT molecular complexity index is 2440. The van der Waals surface area contributed by atoms with Crippen LogP contribution in [-0.2, 0) is 22.4 Å². The third-order valence-corrected chi connectivity index (χ3v) is 12.7. The molecule has 4 aromatic carbocycles. The minimum atomic E-state index is -0.958. The molecule has 0 saturated heterocycles. The number of aliphatic hydroxyl groups is 2. The highest BCUT2D eigenvalue weighted by Gasteiger charge is 2.26. The van der Waals surface area contributed by atoms with Crippen LogP contribution in [-0.4, -0.2) is 90.7 Å². The van der Waals surface area contributed by atoms with Crippen LogP contribution in [0.4, 0.5) is 11.6 Å². The fourth-order valence-electron chi connectivity index (χ4n) is 8.91. The van der Waals surface area contributed by atoms with Crippen molar-refractivity contribution in [3.63, 3.8) is 0 Å². The topological polar surface area (TPSA) is 173 Å². The Labute approximate surface area is 400 Å². The minimum Gasteiger partial charge on any atom is -0.481 e. The molecular weight excluding hydrogens is 853 g/mol. The van der Waals surface area contributed by atoms with E-state index in [1.165, 1.54) is 22.3 Å². The number of benzene rings is 4. The lowest BCUT2D eigenvalue weighted by Gasteiger charge is -2.30. The first kappa shape index (κ1) is 49.4. The monoisotopic (exact) mass is 919 g/mol. The van der Waals surface area contributed by atoms with Crippen LogP contribution in [0.25, 0.3) is 45.0 Å². The zero-order chi connectivity index (χ0) is 48.2. The summed E-state index contributed by atoms with van der Waals surface area (Å²) < 4.78 is 0. The number of carboxylic acids is 2. The fourth-order valence-corrected chi connectivity index (χ4v) is 8.91. The summed E-state index contributed by atoms with van der Waals surface area (Å²) in [6, 6.07) is 33.8. The third-order valence-electron chi connectivity index (χ3n) is 12.7. The summed E-state index contributed by atoms with van der Waals surface area (Å²) in [5.41, 5.74) is 14.8. The normalized spacial score (nSPS) is 14.0. The van der Waals surface area contributed by atoms with E-state index in [9.17, 15) is 19.8 Å². The molecule has 0 unspecified atom stereocenters. The van der Waals surface area contributed by atoms with E-state index in [0.717, 1.165) is 146 Å². The quantitative estimate of drug-likeness (QED) is 0.0602. The lowest BCUT2D eigenvalue weighted by molar-refractivity contribution is -0.140. The number of nitrogens with zero attached hydrogens (tertiary/aromatic N) is 6. The minimum absolute atomic E-state index is 0.195. The highest BCUT2D eigenvalue weighted by Crippen LogP contribution is 2.37. The summed E-state index contributed by atoms with van der Waals surface area (Å²) in [5, 5.41) is 37.3. The summed E-state index contributed by atoms with van der Waals surface area (Å²) in [6.45, 7) is 11.8. The number of aliphatic hydroxyl groups excluding tert-OH is 2. The number of aliphatic carboxylic acids is 2. The van der Waals surface area contributed by atoms with Gasteiger partial charge in [-0.1, -0.05) is 119 Å². The molecule has 0 fully saturated rings. The first-order chi connectivity index (χ1) is 32.8. The predicted octanol–water partition coefficient (Wildman–Crippen LogP) is 10.4. The molecule has 8 rings (SSSR count). The van der Waals surface area contributed by atoms with E-state index < -0.39 is 24.1 Å². The molecule has 12 nitrogen and oxygen atoms in total. The van der Waals surface area contributed by atoms with Crippen molar-refractivity contribution in [3.8, 4) is 45.0 Å². The Morgan fingerprint density at radius 1 is 0.471 bits per heavy atom. The van der Waals surface area contributed by atoms with Crippen molar-refractivity contribution in [2.45, 2.75) is 117 Å². The number of anilines is 2. The Morgan fingerprint density at radius 3 is 1.06 bits per heavy atom. The number of hydrogen-bond donors (Lipinski definition) is 4. The van der Waals surface area contributed by atoms with Crippen molar-refractivity contribution >= 4 is 23.6 Å². The molecule has 6 aromatic rings. The number of carbonyl (C=O) groups is 2. The van der Waals surface area contributed by atoms with Gasteiger partial charge < -0.3 is 30.2 Å². The maximum Gasteiger partial charge on any atom is 0.305 e. The van der Waals surface area contributed by atoms with Gasteiger partial charge >= 0.3 is 11.9 Å². The molecule has 0 radical (unpaired) electrons. The van der Waals surface area contributed by atoms with Crippen molar-refractivity contribution < 1.29 is 30.0 Å². The van der Waals surface area contributed by atoms with Crippen LogP contribution in [0.2, 0.25) is 0 Å². The molecule has 4 N–H and O–H groups in total. The highest BCUT2D eigenvalue weighted by molar-refractivity contribution is 5.81. The molecule has 4 heterocycles. The van der Waals surface area contributed by atoms with Gasteiger partial charge in [0, 0.05) is 48.4 Å². The number of hydrogen-bond acceptors (Lipinski definition) is 10. The molecule has 356 valence electrons. The molecule has 2 aromatic heterocycles. The van der Waals surface area contributed by atoms with Gasteiger partial charge in [0.15, 0.2) is 11.6 Å². The lowest BCUT2D eigenvalue weighted by Crippen LogP contribution is -2.32. The van der Waals surface area contributed by atoms with Gasteiger partial charge in [-0.3, -0.25) is 9.59 Å². The Balaban J connectivity index is 0.000000201. The van der Waals surface area contributed by atoms with E-state index in [2.05, 4.69) is 135 Å². The Hall–Kier alpha value is -6.50. The predicted molar refractivity (Wildman–Crippen MR) is 270 cm³/mol. The van der Waals surface area contributed by atoms with Crippen molar-refractivity contribution in [2.75, 3.05) is 36.0 Å². The van der Waals surface area contributed by atoms with Gasteiger partial charge in [0.05, 0.1) is 59.2 Å². The van der Waals surface area contributed by atoms with Crippen LogP contribution < -0.4 is 9.80 Å². The third kappa shape index (κ3) is 13.4. The summed E-state index contributed by atoms with van der Waals surface area (Å²) in [6.07, 6.45) is 6.22. The van der Waals surface area contributed by atoms with Gasteiger partial charge in [-0.05, 0) is 91.9 Å². The lowest BCUT2D eigenvalue weighted by atomic mass is 10.0. The fraction of sp³-hybridized carbons (Fsp3) is 0.393. The summed E-state index contributed by atoms with van der Waals surface area (Å²) in [4.78, 5) is 46.8. The van der Waals surface area contributed by atoms with Crippen LogP contribution in [0.15, 0.2) is 97.1 Å². The van der Waals surface area contributed by atoms with Gasteiger partial charge in [-0.25, -0.2) is 19.9 Å². The van der Waals surface area contributed by atoms with E-state index >= 15 is 0 Å². The first-order valence-corrected chi connectivity index (χ1v) is 24.2. The molecular formula is C56H66N6O6. The van der Waals surface area contributed by atoms with Crippen molar-refractivity contribution in [1.29, 1.82) is 0 Å². The molecule has 68 heavy (non-hydrogen) atoms. The van der Waals surface area contributed by atoms with Crippen molar-refractivity contribution in [3.05, 3.63) is 131 Å². The number of carboxylic acid groups (broad SMARTS) is 2. The van der Waals surface area contributed by atoms with Crippen LogP contribution in [0.1, 0.15) is 97.8 Å².